The first kappa shape index (κ1) is 22.6. The number of aryl methyl sites for hydroxylation is 1. The number of nitrogens with zero attached hydrogens (tertiary/aromatic N) is 5. The summed E-state index contributed by atoms with van der Waals surface area (Å²) in [5.74, 6) is 1.17. The van der Waals surface area contributed by atoms with Crippen LogP contribution in [0.25, 0.3) is 5.69 Å². The Morgan fingerprint density at radius 1 is 1.03 bits per heavy atom. The van der Waals surface area contributed by atoms with Crippen LogP contribution in [0.2, 0.25) is 0 Å². The lowest BCUT2D eigenvalue weighted by Crippen LogP contribution is -2.38. The zero-order chi connectivity index (χ0) is 23.5. The molecular formula is C25H27N5O3S. The molecule has 2 aromatic carbocycles. The average Bonchev–Trinajstić information content (AvgIpc) is 3.49. The Morgan fingerprint density at radius 2 is 1.79 bits per heavy atom. The van der Waals surface area contributed by atoms with Crippen LogP contribution >= 0.6 is 11.8 Å². The molecule has 8 nitrogen and oxygen atoms in total. The van der Waals surface area contributed by atoms with Crippen molar-refractivity contribution in [2.45, 2.75) is 24.9 Å². The van der Waals surface area contributed by atoms with Crippen molar-refractivity contribution in [3.8, 4) is 5.69 Å². The van der Waals surface area contributed by atoms with Crippen molar-refractivity contribution in [2.24, 2.45) is 0 Å². The summed E-state index contributed by atoms with van der Waals surface area (Å²) in [5, 5.41) is 9.61. The lowest BCUT2D eigenvalue weighted by Gasteiger charge is -2.28. The molecule has 0 radical (unpaired) electrons. The number of rotatable bonds is 7. The third kappa shape index (κ3) is 4.58. The highest BCUT2D eigenvalue weighted by Crippen LogP contribution is 2.29. The van der Waals surface area contributed by atoms with Gasteiger partial charge in [0.05, 0.1) is 24.7 Å². The van der Waals surface area contributed by atoms with Crippen LogP contribution in [0.5, 0.6) is 0 Å². The van der Waals surface area contributed by atoms with Gasteiger partial charge in [-0.05, 0) is 49.2 Å². The van der Waals surface area contributed by atoms with E-state index in [0.717, 1.165) is 48.9 Å². The summed E-state index contributed by atoms with van der Waals surface area (Å²) in [7, 11) is 0. The maximum atomic E-state index is 13.0. The molecular weight excluding hydrogens is 450 g/mol. The van der Waals surface area contributed by atoms with Crippen LogP contribution in [0.4, 0.5) is 11.6 Å². The molecule has 0 spiro atoms. The Hall–Kier alpha value is -3.17. The summed E-state index contributed by atoms with van der Waals surface area (Å²) in [6, 6.07) is 15.4. The molecule has 34 heavy (non-hydrogen) atoms. The number of para-hydroxylation sites is 1. The molecule has 0 aliphatic carbocycles. The maximum absolute atomic E-state index is 13.0. The van der Waals surface area contributed by atoms with Gasteiger partial charge >= 0.3 is 0 Å². The molecule has 5 rings (SSSR count). The molecule has 1 amide bonds. The van der Waals surface area contributed by atoms with Crippen molar-refractivity contribution in [1.29, 1.82) is 0 Å². The van der Waals surface area contributed by atoms with Crippen molar-refractivity contribution in [1.82, 2.24) is 14.8 Å². The Labute approximate surface area is 202 Å². The van der Waals surface area contributed by atoms with Gasteiger partial charge in [-0.25, -0.2) is 0 Å². The molecule has 176 valence electrons. The van der Waals surface area contributed by atoms with E-state index in [4.69, 9.17) is 4.74 Å². The van der Waals surface area contributed by atoms with Crippen LogP contribution in [0, 0.1) is 6.92 Å². The standard InChI is InChI=1S/C25H27N5O3S/c1-18-5-2-3-6-21(18)30-24(28-13-15-33-16-14-28)26-27-25(30)34-17-22(31)19-8-10-20(11-9-19)29-12-4-7-23(29)32/h2-3,5-6,8-11H,4,7,12-17H2,1H3. The Bertz CT molecular complexity index is 1190. The number of benzene rings is 2. The number of carbonyl (C=O) groups excluding carboxylic acids is 2. The molecule has 0 saturated carbocycles. The fourth-order valence-electron chi connectivity index (χ4n) is 4.31. The van der Waals surface area contributed by atoms with Crippen molar-refractivity contribution in [3.05, 3.63) is 59.7 Å². The summed E-state index contributed by atoms with van der Waals surface area (Å²) in [6.07, 6.45) is 1.47. The van der Waals surface area contributed by atoms with Crippen molar-refractivity contribution < 1.29 is 14.3 Å². The van der Waals surface area contributed by atoms with E-state index in [0.29, 0.717) is 30.4 Å². The SMILES string of the molecule is Cc1ccccc1-n1c(SCC(=O)c2ccc(N3CCCC3=O)cc2)nnc1N1CCOCC1. The van der Waals surface area contributed by atoms with Crippen LogP contribution in [0.15, 0.2) is 53.7 Å². The number of ether oxygens (including phenoxy) is 1. The smallest absolute Gasteiger partial charge is 0.232 e. The van der Waals surface area contributed by atoms with E-state index in [-0.39, 0.29) is 17.4 Å². The van der Waals surface area contributed by atoms with Gasteiger partial charge < -0.3 is 14.5 Å². The highest BCUT2D eigenvalue weighted by Gasteiger charge is 2.24. The van der Waals surface area contributed by atoms with Crippen molar-refractivity contribution in [3.63, 3.8) is 0 Å². The van der Waals surface area contributed by atoms with E-state index in [1.54, 1.807) is 17.0 Å². The third-order valence-corrected chi connectivity index (χ3v) is 7.10. The molecule has 2 fully saturated rings. The lowest BCUT2D eigenvalue weighted by atomic mass is 10.1. The molecule has 3 heterocycles. The third-order valence-electron chi connectivity index (χ3n) is 6.17. The second kappa shape index (κ2) is 9.99. The number of hydrogen-bond acceptors (Lipinski definition) is 7. The lowest BCUT2D eigenvalue weighted by molar-refractivity contribution is -0.117. The van der Waals surface area contributed by atoms with Crippen LogP contribution in [-0.4, -0.2) is 65.1 Å². The van der Waals surface area contributed by atoms with E-state index < -0.39 is 0 Å². The molecule has 3 aromatic rings. The predicted molar refractivity (Wildman–Crippen MR) is 132 cm³/mol. The summed E-state index contributed by atoms with van der Waals surface area (Å²) >= 11 is 1.39. The molecule has 0 unspecified atom stereocenters. The van der Waals surface area contributed by atoms with Crippen molar-refractivity contribution >= 4 is 35.1 Å². The van der Waals surface area contributed by atoms with Gasteiger partial charge in [-0.15, -0.1) is 10.2 Å². The minimum absolute atomic E-state index is 0.0107. The largest absolute Gasteiger partial charge is 0.378 e. The summed E-state index contributed by atoms with van der Waals surface area (Å²) < 4.78 is 7.54. The van der Waals surface area contributed by atoms with Crippen LogP contribution in [0.3, 0.4) is 0 Å². The topological polar surface area (TPSA) is 80.6 Å². The van der Waals surface area contributed by atoms with Gasteiger partial charge in [-0.1, -0.05) is 30.0 Å². The van der Waals surface area contributed by atoms with Crippen molar-refractivity contribution in [2.75, 3.05) is 48.4 Å². The van der Waals surface area contributed by atoms with E-state index >= 15 is 0 Å². The van der Waals surface area contributed by atoms with Crippen LogP contribution in [-0.2, 0) is 9.53 Å². The highest BCUT2D eigenvalue weighted by molar-refractivity contribution is 7.99. The van der Waals surface area contributed by atoms with E-state index in [1.807, 2.05) is 34.9 Å². The Morgan fingerprint density at radius 3 is 2.50 bits per heavy atom. The maximum Gasteiger partial charge on any atom is 0.232 e. The van der Waals surface area contributed by atoms with Gasteiger partial charge in [-0.3, -0.25) is 14.2 Å². The van der Waals surface area contributed by atoms with Gasteiger partial charge in [0.2, 0.25) is 11.9 Å². The van der Waals surface area contributed by atoms with E-state index in [9.17, 15) is 9.59 Å². The number of Topliss-reactive ketones (excluding diaryl/α,β-unsaturated/α-hetero) is 1. The van der Waals surface area contributed by atoms with E-state index in [1.165, 1.54) is 11.8 Å². The second-order valence-corrected chi connectivity index (χ2v) is 9.35. The number of carbonyl (C=O) groups is 2. The molecule has 1 aromatic heterocycles. The highest BCUT2D eigenvalue weighted by atomic mass is 32.2. The molecule has 0 bridgehead atoms. The van der Waals surface area contributed by atoms with Gasteiger partial charge in [0.15, 0.2) is 10.9 Å². The molecule has 2 aliphatic rings. The zero-order valence-corrected chi connectivity index (χ0v) is 20.0. The van der Waals surface area contributed by atoms with E-state index in [2.05, 4.69) is 28.1 Å². The van der Waals surface area contributed by atoms with Crippen LogP contribution in [0.1, 0.15) is 28.8 Å². The first-order valence-electron chi connectivity index (χ1n) is 11.5. The number of ketones is 1. The van der Waals surface area contributed by atoms with Gasteiger partial charge in [0, 0.05) is 37.3 Å². The first-order chi connectivity index (χ1) is 16.6. The molecule has 0 atom stereocenters. The minimum atomic E-state index is 0.0107. The summed E-state index contributed by atoms with van der Waals surface area (Å²) in [5.41, 5.74) is 3.58. The first-order valence-corrected chi connectivity index (χ1v) is 12.5. The Balaban J connectivity index is 1.35. The quantitative estimate of drug-likeness (QED) is 0.380. The molecule has 2 aliphatic heterocycles. The van der Waals surface area contributed by atoms with Gasteiger partial charge in [0.25, 0.3) is 0 Å². The number of aromatic nitrogens is 3. The second-order valence-electron chi connectivity index (χ2n) is 8.41. The zero-order valence-electron chi connectivity index (χ0n) is 19.1. The average molecular weight is 478 g/mol. The molecule has 2 saturated heterocycles. The summed E-state index contributed by atoms with van der Waals surface area (Å²) in [6.45, 7) is 5.60. The van der Waals surface area contributed by atoms with Gasteiger partial charge in [-0.2, -0.15) is 0 Å². The minimum Gasteiger partial charge on any atom is -0.378 e. The number of hydrogen-bond donors (Lipinski definition) is 0. The molecule has 9 heteroatoms. The Kier molecular flexibility index (Phi) is 6.64. The number of thioether (sulfide) groups is 1. The normalized spacial score (nSPS) is 16.3. The van der Waals surface area contributed by atoms with Gasteiger partial charge in [0.1, 0.15) is 0 Å². The number of anilines is 2. The monoisotopic (exact) mass is 477 g/mol. The fraction of sp³-hybridized carbons (Fsp3) is 0.360. The number of morpholine rings is 1. The number of amides is 1. The molecule has 0 N–H and O–H groups in total. The summed E-state index contributed by atoms with van der Waals surface area (Å²) in [4.78, 5) is 28.9. The fourth-order valence-corrected chi connectivity index (χ4v) is 5.15. The van der Waals surface area contributed by atoms with Crippen LogP contribution < -0.4 is 9.80 Å². The predicted octanol–water partition coefficient (Wildman–Crippen LogP) is 3.51.